The summed E-state index contributed by atoms with van der Waals surface area (Å²) in [5.41, 5.74) is 0. The fourth-order valence-corrected chi connectivity index (χ4v) is 3.03. The number of hydrogen-bond acceptors (Lipinski definition) is 2. The third-order valence-electron chi connectivity index (χ3n) is 4.24. The molecule has 22 heavy (non-hydrogen) atoms. The van der Waals surface area contributed by atoms with Gasteiger partial charge in [-0.15, -0.1) is 11.6 Å². The highest BCUT2D eigenvalue weighted by Gasteiger charge is 2.10. The van der Waals surface area contributed by atoms with Crippen molar-refractivity contribution in [2.24, 2.45) is 0 Å². The van der Waals surface area contributed by atoms with Gasteiger partial charge in [0.25, 0.3) is 0 Å². The van der Waals surface area contributed by atoms with E-state index in [2.05, 4.69) is 11.7 Å². The molecule has 0 aromatic rings. The van der Waals surface area contributed by atoms with Gasteiger partial charge >= 0.3 is 5.97 Å². The summed E-state index contributed by atoms with van der Waals surface area (Å²) in [6.45, 7) is 2.27. The first-order valence-electron chi connectivity index (χ1n) is 9.41. The molecular formula is C19H37ClO2. The van der Waals surface area contributed by atoms with E-state index in [4.69, 9.17) is 11.6 Å². The number of esters is 1. The molecular weight excluding hydrogens is 296 g/mol. The highest BCUT2D eigenvalue weighted by atomic mass is 35.5. The van der Waals surface area contributed by atoms with Crippen molar-refractivity contribution in [2.75, 3.05) is 7.11 Å². The Hall–Kier alpha value is -0.240. The van der Waals surface area contributed by atoms with Crippen LogP contribution in [-0.2, 0) is 9.53 Å². The number of carbonyl (C=O) groups excluding carboxylic acids is 1. The van der Waals surface area contributed by atoms with E-state index in [1.807, 2.05) is 0 Å². The van der Waals surface area contributed by atoms with Crippen LogP contribution >= 0.6 is 11.6 Å². The van der Waals surface area contributed by atoms with Crippen LogP contribution in [0, 0.1) is 0 Å². The molecule has 2 nitrogen and oxygen atoms in total. The molecule has 0 fully saturated rings. The van der Waals surface area contributed by atoms with Gasteiger partial charge in [-0.05, 0) is 6.42 Å². The molecule has 0 amide bonds. The van der Waals surface area contributed by atoms with Crippen molar-refractivity contribution in [3.63, 3.8) is 0 Å². The molecule has 0 aromatic carbocycles. The Labute approximate surface area is 143 Å². The Kier molecular flexibility index (Phi) is 16.9. The molecule has 0 aliphatic carbocycles. The van der Waals surface area contributed by atoms with Crippen LogP contribution in [0.4, 0.5) is 0 Å². The van der Waals surface area contributed by atoms with E-state index in [0.29, 0.717) is 6.42 Å². The average Bonchev–Trinajstić information content (AvgIpc) is 2.51. The lowest BCUT2D eigenvalue weighted by atomic mass is 10.0. The lowest BCUT2D eigenvalue weighted by Gasteiger charge is -2.07. The lowest BCUT2D eigenvalue weighted by molar-refractivity contribution is -0.140. The Morgan fingerprint density at radius 1 is 0.818 bits per heavy atom. The zero-order valence-corrected chi connectivity index (χ0v) is 15.6. The van der Waals surface area contributed by atoms with Crippen molar-refractivity contribution >= 4 is 17.6 Å². The second kappa shape index (κ2) is 17.1. The van der Waals surface area contributed by atoms with Gasteiger partial charge in [0.15, 0.2) is 0 Å². The van der Waals surface area contributed by atoms with Gasteiger partial charge in [-0.2, -0.15) is 0 Å². The molecule has 0 rings (SSSR count). The number of rotatable bonds is 16. The first-order chi connectivity index (χ1) is 10.7. The molecule has 0 aliphatic rings. The van der Waals surface area contributed by atoms with Gasteiger partial charge in [0.05, 0.1) is 13.5 Å². The fraction of sp³-hybridized carbons (Fsp3) is 0.947. The summed E-state index contributed by atoms with van der Waals surface area (Å²) in [5, 5.41) is -0.0554. The van der Waals surface area contributed by atoms with Gasteiger partial charge in [-0.25, -0.2) is 0 Å². The summed E-state index contributed by atoms with van der Waals surface area (Å²) < 4.78 is 4.62. The Morgan fingerprint density at radius 3 is 1.64 bits per heavy atom. The Bertz CT molecular complexity index is 244. The van der Waals surface area contributed by atoms with Crippen LogP contribution in [0.1, 0.15) is 103 Å². The molecule has 0 spiro atoms. The quantitative estimate of drug-likeness (QED) is 0.180. The predicted octanol–water partition coefficient (Wildman–Crippen LogP) is 6.64. The molecule has 1 unspecified atom stereocenters. The minimum absolute atomic E-state index is 0.0554. The summed E-state index contributed by atoms with van der Waals surface area (Å²) in [4.78, 5) is 11.0. The van der Waals surface area contributed by atoms with Crippen molar-refractivity contribution in [2.45, 2.75) is 109 Å². The smallest absolute Gasteiger partial charge is 0.307 e. The number of methoxy groups -OCH3 is 1. The minimum Gasteiger partial charge on any atom is -0.469 e. The Morgan fingerprint density at radius 2 is 1.23 bits per heavy atom. The van der Waals surface area contributed by atoms with Gasteiger partial charge in [-0.3, -0.25) is 4.79 Å². The number of halogens is 1. The zero-order chi connectivity index (χ0) is 16.5. The summed E-state index contributed by atoms with van der Waals surface area (Å²) in [6.07, 6.45) is 18.9. The van der Waals surface area contributed by atoms with Gasteiger partial charge < -0.3 is 4.74 Å². The van der Waals surface area contributed by atoms with E-state index in [9.17, 15) is 4.79 Å². The van der Waals surface area contributed by atoms with E-state index >= 15 is 0 Å². The van der Waals surface area contributed by atoms with Crippen LogP contribution in [0.15, 0.2) is 0 Å². The standard InChI is InChI=1S/C19H37ClO2/c1-3-4-5-6-7-8-9-10-11-12-13-14-15-16-18(20)17-19(21)22-2/h18H,3-17H2,1-2H3. The molecule has 0 saturated carbocycles. The second-order valence-electron chi connectivity index (χ2n) is 6.41. The SMILES string of the molecule is CCCCCCCCCCCCCCCC(Cl)CC(=O)OC. The predicted molar refractivity (Wildman–Crippen MR) is 96.6 cm³/mol. The molecule has 0 N–H and O–H groups in total. The summed E-state index contributed by atoms with van der Waals surface area (Å²) in [5.74, 6) is -0.199. The van der Waals surface area contributed by atoms with Crippen LogP contribution in [0.2, 0.25) is 0 Å². The molecule has 132 valence electrons. The van der Waals surface area contributed by atoms with Crippen molar-refractivity contribution in [1.82, 2.24) is 0 Å². The first kappa shape index (κ1) is 21.8. The van der Waals surface area contributed by atoms with Crippen molar-refractivity contribution in [1.29, 1.82) is 0 Å². The van der Waals surface area contributed by atoms with Gasteiger partial charge in [0.2, 0.25) is 0 Å². The molecule has 0 saturated heterocycles. The third-order valence-corrected chi connectivity index (χ3v) is 4.61. The average molecular weight is 333 g/mol. The third kappa shape index (κ3) is 16.1. The number of hydrogen-bond donors (Lipinski definition) is 0. The summed E-state index contributed by atoms with van der Waals surface area (Å²) >= 11 is 6.10. The topological polar surface area (TPSA) is 26.3 Å². The molecule has 0 aromatic heterocycles. The monoisotopic (exact) mass is 332 g/mol. The van der Waals surface area contributed by atoms with Crippen molar-refractivity contribution in [3.05, 3.63) is 0 Å². The maximum Gasteiger partial charge on any atom is 0.307 e. The zero-order valence-electron chi connectivity index (χ0n) is 14.9. The molecule has 1 atom stereocenters. The largest absolute Gasteiger partial charge is 0.469 e. The number of alkyl halides is 1. The van der Waals surface area contributed by atoms with Crippen LogP contribution in [0.3, 0.4) is 0 Å². The van der Waals surface area contributed by atoms with E-state index in [-0.39, 0.29) is 11.3 Å². The first-order valence-corrected chi connectivity index (χ1v) is 9.85. The van der Waals surface area contributed by atoms with E-state index in [0.717, 1.165) is 12.8 Å². The minimum atomic E-state index is -0.199. The van der Waals surface area contributed by atoms with E-state index < -0.39 is 0 Å². The maximum atomic E-state index is 11.0. The normalized spacial score (nSPS) is 12.3. The van der Waals surface area contributed by atoms with Crippen molar-refractivity contribution < 1.29 is 9.53 Å². The fourth-order valence-electron chi connectivity index (χ4n) is 2.75. The molecule has 0 aliphatic heterocycles. The van der Waals surface area contributed by atoms with Crippen LogP contribution < -0.4 is 0 Å². The number of ether oxygens (including phenoxy) is 1. The van der Waals surface area contributed by atoms with Crippen LogP contribution in [0.5, 0.6) is 0 Å². The second-order valence-corrected chi connectivity index (χ2v) is 7.03. The highest BCUT2D eigenvalue weighted by molar-refractivity contribution is 6.21. The van der Waals surface area contributed by atoms with Gasteiger partial charge in [0, 0.05) is 5.38 Å². The number of unbranched alkanes of at least 4 members (excludes halogenated alkanes) is 12. The number of carbonyl (C=O) groups is 1. The summed E-state index contributed by atoms with van der Waals surface area (Å²) in [6, 6.07) is 0. The molecule has 0 heterocycles. The van der Waals surface area contributed by atoms with Gasteiger partial charge in [-0.1, -0.05) is 90.4 Å². The van der Waals surface area contributed by atoms with Crippen LogP contribution in [-0.4, -0.2) is 18.5 Å². The highest BCUT2D eigenvalue weighted by Crippen LogP contribution is 2.16. The van der Waals surface area contributed by atoms with Gasteiger partial charge in [0.1, 0.15) is 0 Å². The van der Waals surface area contributed by atoms with Crippen molar-refractivity contribution in [3.8, 4) is 0 Å². The van der Waals surface area contributed by atoms with E-state index in [1.54, 1.807) is 0 Å². The van der Waals surface area contributed by atoms with Crippen LogP contribution in [0.25, 0.3) is 0 Å². The molecule has 3 heteroatoms. The summed E-state index contributed by atoms with van der Waals surface area (Å²) in [7, 11) is 1.41. The molecule has 0 radical (unpaired) electrons. The molecule has 0 bridgehead atoms. The van der Waals surface area contributed by atoms with E-state index in [1.165, 1.54) is 84.2 Å². The Balaban J connectivity index is 3.12. The lowest BCUT2D eigenvalue weighted by Crippen LogP contribution is -2.09. The maximum absolute atomic E-state index is 11.0.